The van der Waals surface area contributed by atoms with Crippen LogP contribution in [0.25, 0.3) is 0 Å². The molecule has 1 amide bonds. The largest absolute Gasteiger partial charge is 0.497 e. The number of anilines is 2. The van der Waals surface area contributed by atoms with Crippen LogP contribution in [0.15, 0.2) is 48.5 Å². The highest BCUT2D eigenvalue weighted by molar-refractivity contribution is 6.04. The van der Waals surface area contributed by atoms with E-state index in [9.17, 15) is 4.79 Å². The second-order valence-electron chi connectivity index (χ2n) is 6.13. The van der Waals surface area contributed by atoms with E-state index in [4.69, 9.17) is 4.74 Å². The molecule has 1 heterocycles. The third-order valence-electron chi connectivity index (χ3n) is 4.43. The topological polar surface area (TPSA) is 41.6 Å². The fourth-order valence-electron chi connectivity index (χ4n) is 3.05. The van der Waals surface area contributed by atoms with Crippen LogP contribution in [0.1, 0.15) is 36.0 Å². The number of hydrogen-bond acceptors (Lipinski definition) is 3. The summed E-state index contributed by atoms with van der Waals surface area (Å²) in [4.78, 5) is 14.8. The number of hydrogen-bond donors (Lipinski definition) is 1. The van der Waals surface area contributed by atoms with Crippen molar-refractivity contribution >= 4 is 17.3 Å². The van der Waals surface area contributed by atoms with Crippen molar-refractivity contribution in [2.45, 2.75) is 25.7 Å². The molecule has 0 atom stereocenters. The number of nitrogens with one attached hydrogen (secondary N) is 1. The molecule has 0 aliphatic carbocycles. The predicted octanol–water partition coefficient (Wildman–Crippen LogP) is 4.33. The first-order valence-electron chi connectivity index (χ1n) is 8.57. The Hall–Kier alpha value is -2.49. The summed E-state index contributed by atoms with van der Waals surface area (Å²) < 4.78 is 5.16. The summed E-state index contributed by atoms with van der Waals surface area (Å²) in [5, 5.41) is 2.94. The zero-order valence-electron chi connectivity index (χ0n) is 14.1. The van der Waals surface area contributed by atoms with Crippen LogP contribution in [0.4, 0.5) is 11.4 Å². The third-order valence-corrected chi connectivity index (χ3v) is 4.43. The number of carbonyl (C=O) groups is 1. The van der Waals surface area contributed by atoms with Crippen LogP contribution >= 0.6 is 0 Å². The van der Waals surface area contributed by atoms with Crippen LogP contribution < -0.4 is 15.0 Å². The smallest absolute Gasteiger partial charge is 0.255 e. The van der Waals surface area contributed by atoms with E-state index in [1.54, 1.807) is 19.2 Å². The van der Waals surface area contributed by atoms with E-state index in [1.807, 2.05) is 24.3 Å². The zero-order valence-corrected chi connectivity index (χ0v) is 14.1. The zero-order chi connectivity index (χ0) is 16.8. The van der Waals surface area contributed by atoms with Crippen molar-refractivity contribution in [1.82, 2.24) is 0 Å². The molecular formula is C20H24N2O2. The minimum Gasteiger partial charge on any atom is -0.497 e. The first-order valence-corrected chi connectivity index (χ1v) is 8.57. The molecule has 0 aromatic heterocycles. The summed E-state index contributed by atoms with van der Waals surface area (Å²) >= 11 is 0. The Morgan fingerprint density at radius 3 is 2.38 bits per heavy atom. The lowest BCUT2D eigenvalue weighted by Crippen LogP contribution is -2.23. The van der Waals surface area contributed by atoms with Gasteiger partial charge in [0.15, 0.2) is 0 Å². The standard InChI is InChI=1S/C20H24N2O2/c1-24-19-8-6-7-16(15-19)20(23)21-17-9-11-18(12-10-17)22-13-4-2-3-5-14-22/h6-12,15H,2-5,13-14H2,1H3,(H,21,23). The maximum atomic E-state index is 12.3. The van der Waals surface area contributed by atoms with Crippen molar-refractivity contribution < 1.29 is 9.53 Å². The van der Waals surface area contributed by atoms with E-state index in [0.29, 0.717) is 11.3 Å². The molecule has 1 aliphatic heterocycles. The highest BCUT2D eigenvalue weighted by Crippen LogP contribution is 2.22. The molecule has 2 aromatic carbocycles. The fraction of sp³-hybridized carbons (Fsp3) is 0.350. The number of methoxy groups -OCH3 is 1. The van der Waals surface area contributed by atoms with Crippen molar-refractivity contribution in [3.8, 4) is 5.75 Å². The highest BCUT2D eigenvalue weighted by Gasteiger charge is 2.11. The van der Waals surface area contributed by atoms with Gasteiger partial charge in [-0.3, -0.25) is 4.79 Å². The lowest BCUT2D eigenvalue weighted by atomic mass is 10.2. The third kappa shape index (κ3) is 4.07. The monoisotopic (exact) mass is 324 g/mol. The van der Waals surface area contributed by atoms with Gasteiger partial charge in [-0.05, 0) is 55.3 Å². The molecule has 0 radical (unpaired) electrons. The van der Waals surface area contributed by atoms with E-state index in [2.05, 4.69) is 22.3 Å². The highest BCUT2D eigenvalue weighted by atomic mass is 16.5. The van der Waals surface area contributed by atoms with Crippen molar-refractivity contribution in [3.05, 3.63) is 54.1 Å². The molecule has 1 N–H and O–H groups in total. The molecule has 2 aromatic rings. The molecular weight excluding hydrogens is 300 g/mol. The Balaban J connectivity index is 1.65. The van der Waals surface area contributed by atoms with E-state index in [1.165, 1.54) is 31.4 Å². The Morgan fingerprint density at radius 1 is 1.00 bits per heavy atom. The van der Waals surface area contributed by atoms with Gasteiger partial charge in [-0.15, -0.1) is 0 Å². The molecule has 1 saturated heterocycles. The Labute approximate surface area is 143 Å². The van der Waals surface area contributed by atoms with Gasteiger partial charge in [0.05, 0.1) is 7.11 Å². The van der Waals surface area contributed by atoms with Crippen LogP contribution in [0.5, 0.6) is 5.75 Å². The Morgan fingerprint density at radius 2 is 1.71 bits per heavy atom. The number of nitrogens with zero attached hydrogens (tertiary/aromatic N) is 1. The maximum absolute atomic E-state index is 12.3. The summed E-state index contributed by atoms with van der Waals surface area (Å²) in [6.45, 7) is 2.24. The minimum absolute atomic E-state index is 0.128. The van der Waals surface area contributed by atoms with Crippen LogP contribution in [0.2, 0.25) is 0 Å². The first-order chi connectivity index (χ1) is 11.8. The van der Waals surface area contributed by atoms with Crippen molar-refractivity contribution in [2.24, 2.45) is 0 Å². The molecule has 126 valence electrons. The molecule has 4 nitrogen and oxygen atoms in total. The summed E-state index contributed by atoms with van der Waals surface area (Å²) in [7, 11) is 1.60. The number of amides is 1. The molecule has 1 fully saturated rings. The average molecular weight is 324 g/mol. The van der Waals surface area contributed by atoms with E-state index >= 15 is 0 Å². The van der Waals surface area contributed by atoms with Crippen molar-refractivity contribution in [3.63, 3.8) is 0 Å². The van der Waals surface area contributed by atoms with Gasteiger partial charge in [0, 0.05) is 30.0 Å². The van der Waals surface area contributed by atoms with Gasteiger partial charge < -0.3 is 15.0 Å². The predicted molar refractivity (Wildman–Crippen MR) is 98.1 cm³/mol. The van der Waals surface area contributed by atoms with E-state index in [0.717, 1.165) is 18.8 Å². The second kappa shape index (κ2) is 7.86. The molecule has 0 spiro atoms. The molecule has 24 heavy (non-hydrogen) atoms. The number of benzene rings is 2. The number of ether oxygens (including phenoxy) is 1. The minimum atomic E-state index is -0.128. The summed E-state index contributed by atoms with van der Waals surface area (Å²) in [5.41, 5.74) is 2.63. The van der Waals surface area contributed by atoms with Gasteiger partial charge in [0.1, 0.15) is 5.75 Å². The molecule has 3 rings (SSSR count). The summed E-state index contributed by atoms with van der Waals surface area (Å²) in [6.07, 6.45) is 5.17. The van der Waals surface area contributed by atoms with Crippen molar-refractivity contribution in [2.75, 3.05) is 30.4 Å². The molecule has 4 heteroatoms. The van der Waals surface area contributed by atoms with Gasteiger partial charge in [-0.25, -0.2) is 0 Å². The van der Waals surface area contributed by atoms with Gasteiger partial charge in [0.2, 0.25) is 0 Å². The van der Waals surface area contributed by atoms with Crippen LogP contribution in [-0.4, -0.2) is 26.1 Å². The quantitative estimate of drug-likeness (QED) is 0.910. The van der Waals surface area contributed by atoms with E-state index < -0.39 is 0 Å². The molecule has 0 saturated carbocycles. The van der Waals surface area contributed by atoms with Gasteiger partial charge in [-0.2, -0.15) is 0 Å². The summed E-state index contributed by atoms with van der Waals surface area (Å²) in [6, 6.07) is 15.3. The second-order valence-corrected chi connectivity index (χ2v) is 6.13. The first kappa shape index (κ1) is 16.4. The molecule has 0 unspecified atom stereocenters. The normalized spacial score (nSPS) is 14.8. The van der Waals surface area contributed by atoms with Crippen LogP contribution in [0, 0.1) is 0 Å². The van der Waals surface area contributed by atoms with Crippen LogP contribution in [-0.2, 0) is 0 Å². The number of rotatable bonds is 4. The SMILES string of the molecule is COc1cccc(C(=O)Nc2ccc(N3CCCCCC3)cc2)c1. The Bertz CT molecular complexity index is 674. The fourth-order valence-corrected chi connectivity index (χ4v) is 3.05. The molecule has 1 aliphatic rings. The van der Waals surface area contributed by atoms with Gasteiger partial charge in [0.25, 0.3) is 5.91 Å². The maximum Gasteiger partial charge on any atom is 0.255 e. The summed E-state index contributed by atoms with van der Waals surface area (Å²) in [5.74, 6) is 0.551. The van der Waals surface area contributed by atoms with Crippen LogP contribution in [0.3, 0.4) is 0 Å². The lowest BCUT2D eigenvalue weighted by Gasteiger charge is -2.22. The molecule has 0 bridgehead atoms. The van der Waals surface area contributed by atoms with E-state index in [-0.39, 0.29) is 5.91 Å². The van der Waals surface area contributed by atoms with Gasteiger partial charge >= 0.3 is 0 Å². The lowest BCUT2D eigenvalue weighted by molar-refractivity contribution is 0.102. The Kier molecular flexibility index (Phi) is 5.36. The average Bonchev–Trinajstić information content (AvgIpc) is 2.92. The van der Waals surface area contributed by atoms with Gasteiger partial charge in [-0.1, -0.05) is 18.9 Å². The number of carbonyl (C=O) groups excluding carboxylic acids is 1. The van der Waals surface area contributed by atoms with Crippen molar-refractivity contribution in [1.29, 1.82) is 0 Å².